The van der Waals surface area contributed by atoms with Gasteiger partial charge >= 0.3 is 5.97 Å². The standard InChI is InChI=1S/C31H25N3O6/c1-19-28-26(21(18-35)17-32-19)16-27(29(36)33-22-10-8-20(9-11-22)31(37)38-2)30(40-28)34-23-12-14-25(15-13-23)39-24-6-4-3-5-7-24/h3-17,35H,18H2,1-2H3,(H,33,36)/p+1. The number of esters is 1. The average molecular weight is 537 g/mol. The van der Waals surface area contributed by atoms with Crippen molar-refractivity contribution in [3.63, 3.8) is 0 Å². The number of H-pyrrole nitrogens is 1. The molecule has 0 aliphatic heterocycles. The fourth-order valence-corrected chi connectivity index (χ4v) is 4.05. The summed E-state index contributed by atoms with van der Waals surface area (Å²) in [6.07, 6.45) is 1.67. The Morgan fingerprint density at radius 2 is 1.68 bits per heavy atom. The summed E-state index contributed by atoms with van der Waals surface area (Å²) in [5.74, 6) is 0.388. The molecule has 0 bridgehead atoms. The molecule has 0 saturated heterocycles. The van der Waals surface area contributed by atoms with Crippen LogP contribution in [0.15, 0.2) is 101 Å². The van der Waals surface area contributed by atoms with Crippen LogP contribution in [0, 0.1) is 6.92 Å². The lowest BCUT2D eigenvalue weighted by Crippen LogP contribution is -2.23. The van der Waals surface area contributed by atoms with Crippen LogP contribution in [0.4, 0.5) is 11.4 Å². The molecule has 5 rings (SSSR count). The summed E-state index contributed by atoms with van der Waals surface area (Å²) in [5.41, 5.74) is 3.35. The highest BCUT2D eigenvalue weighted by molar-refractivity contribution is 6.05. The van der Waals surface area contributed by atoms with E-state index in [-0.39, 0.29) is 17.7 Å². The minimum Gasteiger partial charge on any atom is -0.465 e. The number of aliphatic hydroxyl groups excluding tert-OH is 1. The quantitative estimate of drug-likeness (QED) is 0.279. The van der Waals surface area contributed by atoms with Gasteiger partial charge in [-0.1, -0.05) is 18.2 Å². The number of anilines is 1. The summed E-state index contributed by atoms with van der Waals surface area (Å²) >= 11 is 0. The van der Waals surface area contributed by atoms with E-state index in [9.17, 15) is 14.7 Å². The molecule has 2 heterocycles. The number of hydrogen-bond donors (Lipinski definition) is 2. The van der Waals surface area contributed by atoms with Crippen molar-refractivity contribution in [3.8, 4) is 11.5 Å². The molecule has 0 aliphatic carbocycles. The van der Waals surface area contributed by atoms with Gasteiger partial charge < -0.3 is 24.3 Å². The van der Waals surface area contributed by atoms with Gasteiger partial charge in [-0.3, -0.25) is 4.79 Å². The molecule has 0 unspecified atom stereocenters. The molecule has 0 spiro atoms. The van der Waals surface area contributed by atoms with Crippen molar-refractivity contribution in [2.24, 2.45) is 4.99 Å². The fourth-order valence-electron chi connectivity index (χ4n) is 4.05. The van der Waals surface area contributed by atoms with Gasteiger partial charge in [0.1, 0.15) is 17.1 Å². The van der Waals surface area contributed by atoms with E-state index in [1.807, 2.05) is 37.3 Å². The van der Waals surface area contributed by atoms with Gasteiger partial charge in [-0.05, 0) is 66.7 Å². The molecule has 0 aliphatic rings. The van der Waals surface area contributed by atoms with Crippen molar-refractivity contribution in [2.75, 3.05) is 12.4 Å². The van der Waals surface area contributed by atoms with Crippen molar-refractivity contribution >= 4 is 34.2 Å². The molecule has 9 heteroatoms. The Hall–Kier alpha value is -5.28. The summed E-state index contributed by atoms with van der Waals surface area (Å²) < 4.78 is 16.7. The number of pyridine rings is 1. The lowest BCUT2D eigenvalue weighted by Gasteiger charge is -2.09. The normalized spacial score (nSPS) is 11.3. The molecule has 2 aromatic heterocycles. The minimum atomic E-state index is -0.478. The number of aromatic amines is 1. The van der Waals surface area contributed by atoms with Gasteiger partial charge in [-0.2, -0.15) is 0 Å². The summed E-state index contributed by atoms with van der Waals surface area (Å²) in [6, 6.07) is 24.4. The fraction of sp³-hybridized carbons (Fsp3) is 0.0968. The summed E-state index contributed by atoms with van der Waals surface area (Å²) in [5, 5.41) is 13.3. The van der Waals surface area contributed by atoms with E-state index in [0.717, 1.165) is 0 Å². The average Bonchev–Trinajstić information content (AvgIpc) is 2.99. The molecule has 0 atom stereocenters. The van der Waals surface area contributed by atoms with Crippen LogP contribution in [-0.4, -0.2) is 24.1 Å². The second-order valence-electron chi connectivity index (χ2n) is 8.85. The van der Waals surface area contributed by atoms with Crippen molar-refractivity contribution in [1.82, 2.24) is 0 Å². The lowest BCUT2D eigenvalue weighted by molar-refractivity contribution is -0.386. The zero-order chi connectivity index (χ0) is 28.1. The number of aliphatic hydroxyl groups is 1. The Morgan fingerprint density at radius 3 is 2.35 bits per heavy atom. The zero-order valence-corrected chi connectivity index (χ0v) is 21.8. The Labute approximate surface area is 229 Å². The number of benzene rings is 3. The number of ether oxygens (including phenoxy) is 2. The molecular weight excluding hydrogens is 510 g/mol. The first kappa shape index (κ1) is 26.3. The number of rotatable bonds is 7. The van der Waals surface area contributed by atoms with Gasteiger partial charge in [0.2, 0.25) is 16.8 Å². The highest BCUT2D eigenvalue weighted by Crippen LogP contribution is 2.25. The van der Waals surface area contributed by atoms with Crippen LogP contribution in [0.5, 0.6) is 11.5 Å². The van der Waals surface area contributed by atoms with Gasteiger partial charge in [0.25, 0.3) is 5.91 Å². The van der Waals surface area contributed by atoms with E-state index < -0.39 is 11.9 Å². The topological polar surface area (TPSA) is 124 Å². The molecule has 40 heavy (non-hydrogen) atoms. The number of hydrogen-bond acceptors (Lipinski definition) is 7. The molecule has 3 aromatic carbocycles. The number of carbonyl (C=O) groups excluding carboxylic acids is 2. The van der Waals surface area contributed by atoms with E-state index in [1.54, 1.807) is 60.8 Å². The maximum absolute atomic E-state index is 13.5. The summed E-state index contributed by atoms with van der Waals surface area (Å²) in [7, 11) is 1.30. The van der Waals surface area contributed by atoms with Gasteiger partial charge in [-0.15, -0.1) is 0 Å². The first-order valence-corrected chi connectivity index (χ1v) is 12.4. The lowest BCUT2D eigenvalue weighted by atomic mass is 10.1. The van der Waals surface area contributed by atoms with Crippen molar-refractivity contribution in [3.05, 3.63) is 119 Å². The molecule has 0 radical (unpaired) electrons. The predicted octanol–water partition coefficient (Wildman–Crippen LogP) is 5.11. The molecule has 0 saturated carbocycles. The van der Waals surface area contributed by atoms with Gasteiger partial charge in [0, 0.05) is 18.0 Å². The molecule has 3 N–H and O–H groups in total. The van der Waals surface area contributed by atoms with E-state index in [2.05, 4.69) is 15.3 Å². The Morgan fingerprint density at radius 1 is 0.975 bits per heavy atom. The van der Waals surface area contributed by atoms with E-state index >= 15 is 0 Å². The SMILES string of the molecule is COC(=O)c1ccc(NC(=O)c2cc3c(CO)c[nH+]c(C)c3oc2=Nc2ccc(Oc3ccccc3)cc2)cc1. The monoisotopic (exact) mass is 536 g/mol. The van der Waals surface area contributed by atoms with Crippen molar-refractivity contribution < 1.29 is 33.6 Å². The number of nitrogens with zero attached hydrogens (tertiary/aromatic N) is 1. The van der Waals surface area contributed by atoms with Crippen molar-refractivity contribution in [2.45, 2.75) is 13.5 Å². The summed E-state index contributed by atoms with van der Waals surface area (Å²) in [6.45, 7) is 1.58. The third-order valence-corrected chi connectivity index (χ3v) is 6.14. The molecule has 1 amide bonds. The summed E-state index contributed by atoms with van der Waals surface area (Å²) in [4.78, 5) is 32.9. The van der Waals surface area contributed by atoms with E-state index in [4.69, 9.17) is 13.9 Å². The van der Waals surface area contributed by atoms with Crippen LogP contribution in [0.3, 0.4) is 0 Å². The third-order valence-electron chi connectivity index (χ3n) is 6.14. The highest BCUT2D eigenvalue weighted by atomic mass is 16.5. The number of amides is 1. The number of aryl methyl sites for hydroxylation is 1. The van der Waals surface area contributed by atoms with E-state index in [0.29, 0.717) is 50.7 Å². The number of fused-ring (bicyclic) bond motifs is 1. The van der Waals surface area contributed by atoms with Crippen LogP contribution in [-0.2, 0) is 11.3 Å². The number of carbonyl (C=O) groups is 2. The Kier molecular flexibility index (Phi) is 7.65. The predicted molar refractivity (Wildman–Crippen MR) is 147 cm³/mol. The van der Waals surface area contributed by atoms with Crippen LogP contribution in [0.25, 0.3) is 11.0 Å². The Balaban J connectivity index is 1.54. The molecule has 9 nitrogen and oxygen atoms in total. The molecule has 0 fully saturated rings. The maximum Gasteiger partial charge on any atom is 0.337 e. The zero-order valence-electron chi connectivity index (χ0n) is 21.8. The van der Waals surface area contributed by atoms with Crippen molar-refractivity contribution in [1.29, 1.82) is 0 Å². The largest absolute Gasteiger partial charge is 0.465 e. The number of aromatic nitrogens is 1. The maximum atomic E-state index is 13.5. The smallest absolute Gasteiger partial charge is 0.337 e. The second-order valence-corrected chi connectivity index (χ2v) is 8.85. The Bertz CT molecular complexity index is 1750. The third kappa shape index (κ3) is 5.74. The van der Waals surface area contributed by atoms with Crippen LogP contribution >= 0.6 is 0 Å². The first-order valence-electron chi connectivity index (χ1n) is 12.4. The van der Waals surface area contributed by atoms with Crippen LogP contribution in [0.2, 0.25) is 0 Å². The second kappa shape index (κ2) is 11.6. The number of nitrogens with one attached hydrogen (secondary N) is 2. The molecular formula is C31H26N3O6+. The van der Waals surface area contributed by atoms with Crippen LogP contribution < -0.4 is 20.6 Å². The van der Waals surface area contributed by atoms with Gasteiger partial charge in [0.15, 0.2) is 6.20 Å². The van der Waals surface area contributed by atoms with Gasteiger partial charge in [0.05, 0.1) is 30.5 Å². The minimum absolute atomic E-state index is 0.0829. The van der Waals surface area contributed by atoms with E-state index in [1.165, 1.54) is 7.11 Å². The highest BCUT2D eigenvalue weighted by Gasteiger charge is 2.19. The number of para-hydroxylation sites is 1. The number of methoxy groups -OCH3 is 1. The van der Waals surface area contributed by atoms with Gasteiger partial charge in [-0.25, -0.2) is 14.8 Å². The molecule has 200 valence electrons. The molecule has 5 aromatic rings. The van der Waals surface area contributed by atoms with Crippen LogP contribution in [0.1, 0.15) is 32.0 Å². The first-order chi connectivity index (χ1) is 19.4.